The topological polar surface area (TPSA) is 55.8 Å². The van der Waals surface area contributed by atoms with Crippen LogP contribution >= 0.6 is 0 Å². The average Bonchev–Trinajstić information content (AvgIpc) is 2.59. The first-order valence-electron chi connectivity index (χ1n) is 7.96. The Morgan fingerprint density at radius 1 is 1.04 bits per heavy atom. The molecule has 1 heterocycles. The van der Waals surface area contributed by atoms with Gasteiger partial charge in [-0.25, -0.2) is 8.42 Å². The summed E-state index contributed by atoms with van der Waals surface area (Å²) in [5, 5.41) is 0. The lowest BCUT2D eigenvalue weighted by atomic mass is 10.2. The maximum absolute atomic E-state index is 13.1. The quantitative estimate of drug-likeness (QED) is 0.834. The smallest absolute Gasteiger partial charge is 0.243 e. The maximum atomic E-state index is 13.1. The van der Waals surface area contributed by atoms with Crippen molar-refractivity contribution in [3.05, 3.63) is 53.6 Å². The Bertz CT molecular complexity index is 818. The SMILES string of the molecule is CCN(Cc1ccccc1)S(=O)(=O)c1cc2c(cc1C)OCCO2. The Kier molecular flexibility index (Phi) is 4.78. The molecular formula is C18H21NO4S. The minimum Gasteiger partial charge on any atom is -0.486 e. The molecule has 0 unspecified atom stereocenters. The van der Waals surface area contributed by atoms with E-state index in [4.69, 9.17) is 9.47 Å². The maximum Gasteiger partial charge on any atom is 0.243 e. The second-order valence-corrected chi connectivity index (χ2v) is 7.58. The lowest BCUT2D eigenvalue weighted by Gasteiger charge is -2.24. The molecule has 0 bridgehead atoms. The van der Waals surface area contributed by atoms with Crippen molar-refractivity contribution in [3.8, 4) is 11.5 Å². The summed E-state index contributed by atoms with van der Waals surface area (Å²) in [7, 11) is -3.62. The van der Waals surface area contributed by atoms with E-state index in [2.05, 4.69) is 0 Å². The zero-order valence-electron chi connectivity index (χ0n) is 13.9. The highest BCUT2D eigenvalue weighted by molar-refractivity contribution is 7.89. The number of rotatable bonds is 5. The summed E-state index contributed by atoms with van der Waals surface area (Å²) in [5.74, 6) is 1.09. The highest BCUT2D eigenvalue weighted by atomic mass is 32.2. The van der Waals surface area contributed by atoms with E-state index in [0.29, 0.717) is 43.4 Å². The van der Waals surface area contributed by atoms with Crippen molar-refractivity contribution in [2.45, 2.75) is 25.3 Å². The van der Waals surface area contributed by atoms with Crippen molar-refractivity contribution in [2.75, 3.05) is 19.8 Å². The molecule has 0 aromatic heterocycles. The van der Waals surface area contributed by atoms with Gasteiger partial charge in [0.15, 0.2) is 11.5 Å². The highest BCUT2D eigenvalue weighted by Gasteiger charge is 2.27. The Morgan fingerprint density at radius 3 is 2.29 bits per heavy atom. The van der Waals surface area contributed by atoms with E-state index < -0.39 is 10.0 Å². The van der Waals surface area contributed by atoms with Gasteiger partial charge >= 0.3 is 0 Å². The largest absolute Gasteiger partial charge is 0.486 e. The summed E-state index contributed by atoms with van der Waals surface area (Å²) in [5.41, 5.74) is 1.61. The molecule has 0 N–H and O–H groups in total. The van der Waals surface area contributed by atoms with Crippen LogP contribution in [0.2, 0.25) is 0 Å². The van der Waals surface area contributed by atoms with Crippen molar-refractivity contribution < 1.29 is 17.9 Å². The summed E-state index contributed by atoms with van der Waals surface area (Å²) in [6, 6.07) is 12.9. The van der Waals surface area contributed by atoms with Crippen molar-refractivity contribution >= 4 is 10.0 Å². The summed E-state index contributed by atoms with van der Waals surface area (Å²) >= 11 is 0. The molecule has 6 heteroatoms. The molecule has 0 amide bonds. The third-order valence-electron chi connectivity index (χ3n) is 4.01. The van der Waals surface area contributed by atoms with E-state index in [9.17, 15) is 8.42 Å². The first-order valence-corrected chi connectivity index (χ1v) is 9.40. The van der Waals surface area contributed by atoms with Gasteiger partial charge in [-0.05, 0) is 24.1 Å². The Morgan fingerprint density at radius 2 is 1.67 bits per heavy atom. The molecule has 3 rings (SSSR count). The molecule has 0 fully saturated rings. The lowest BCUT2D eigenvalue weighted by molar-refractivity contribution is 0.171. The summed E-state index contributed by atoms with van der Waals surface area (Å²) in [6.07, 6.45) is 0. The second-order valence-electron chi connectivity index (χ2n) is 5.68. The van der Waals surface area contributed by atoms with E-state index in [1.807, 2.05) is 37.3 Å². The molecule has 1 aliphatic rings. The number of hydrogen-bond donors (Lipinski definition) is 0. The normalized spacial score (nSPS) is 14.0. The summed E-state index contributed by atoms with van der Waals surface area (Å²) in [6.45, 7) is 5.26. The number of aryl methyl sites for hydroxylation is 1. The number of nitrogens with zero attached hydrogens (tertiary/aromatic N) is 1. The van der Waals surface area contributed by atoms with E-state index >= 15 is 0 Å². The first-order chi connectivity index (χ1) is 11.5. The van der Waals surface area contributed by atoms with Gasteiger partial charge in [-0.2, -0.15) is 4.31 Å². The molecule has 0 aliphatic carbocycles. The van der Waals surface area contributed by atoms with E-state index in [1.54, 1.807) is 19.1 Å². The van der Waals surface area contributed by atoms with E-state index in [0.717, 1.165) is 5.56 Å². The van der Waals surface area contributed by atoms with Gasteiger partial charge in [0.25, 0.3) is 0 Å². The van der Waals surface area contributed by atoms with Crippen molar-refractivity contribution in [2.24, 2.45) is 0 Å². The van der Waals surface area contributed by atoms with Gasteiger partial charge in [-0.15, -0.1) is 0 Å². The minimum atomic E-state index is -3.62. The van der Waals surface area contributed by atoms with Gasteiger partial charge in [0.2, 0.25) is 10.0 Å². The third-order valence-corrected chi connectivity index (χ3v) is 6.07. The van der Waals surface area contributed by atoms with Crippen LogP contribution in [0.4, 0.5) is 0 Å². The minimum absolute atomic E-state index is 0.268. The van der Waals surface area contributed by atoms with Crippen LogP contribution in [0.25, 0.3) is 0 Å². The molecular weight excluding hydrogens is 326 g/mol. The number of sulfonamides is 1. The number of ether oxygens (including phenoxy) is 2. The molecule has 1 aliphatic heterocycles. The monoisotopic (exact) mass is 347 g/mol. The molecule has 0 atom stereocenters. The van der Waals surface area contributed by atoms with Crippen LogP contribution in [0.15, 0.2) is 47.4 Å². The summed E-state index contributed by atoms with van der Waals surface area (Å²) < 4.78 is 38.7. The van der Waals surface area contributed by atoms with Crippen molar-refractivity contribution in [1.29, 1.82) is 0 Å². The Labute approximate surface area is 142 Å². The standard InChI is InChI=1S/C18H21NO4S/c1-3-19(13-15-7-5-4-6-8-15)24(20,21)18-12-17-16(11-14(18)2)22-9-10-23-17/h4-8,11-12H,3,9-10,13H2,1-2H3. The molecule has 0 spiro atoms. The number of benzene rings is 2. The fourth-order valence-corrected chi connectivity index (χ4v) is 4.40. The van der Waals surface area contributed by atoms with Crippen LogP contribution < -0.4 is 9.47 Å². The van der Waals surface area contributed by atoms with Crippen LogP contribution in [-0.2, 0) is 16.6 Å². The van der Waals surface area contributed by atoms with Crippen LogP contribution in [0, 0.1) is 6.92 Å². The van der Waals surface area contributed by atoms with Crippen LogP contribution in [-0.4, -0.2) is 32.5 Å². The van der Waals surface area contributed by atoms with E-state index in [-0.39, 0.29) is 4.90 Å². The Balaban J connectivity index is 1.96. The van der Waals surface area contributed by atoms with Gasteiger partial charge in [0, 0.05) is 19.2 Å². The molecule has 2 aromatic carbocycles. The van der Waals surface area contributed by atoms with Gasteiger partial charge in [0.05, 0.1) is 4.90 Å². The molecule has 2 aromatic rings. The zero-order chi connectivity index (χ0) is 17.2. The highest BCUT2D eigenvalue weighted by Crippen LogP contribution is 2.35. The second kappa shape index (κ2) is 6.83. The zero-order valence-corrected chi connectivity index (χ0v) is 14.7. The molecule has 5 nitrogen and oxygen atoms in total. The average molecular weight is 347 g/mol. The van der Waals surface area contributed by atoms with Crippen LogP contribution in [0.5, 0.6) is 11.5 Å². The van der Waals surface area contributed by atoms with Crippen LogP contribution in [0.1, 0.15) is 18.1 Å². The predicted octanol–water partition coefficient (Wildman–Crippen LogP) is 2.98. The van der Waals surface area contributed by atoms with Gasteiger partial charge in [-0.3, -0.25) is 0 Å². The number of fused-ring (bicyclic) bond motifs is 1. The van der Waals surface area contributed by atoms with E-state index in [1.165, 1.54) is 4.31 Å². The third kappa shape index (κ3) is 3.25. The molecule has 0 saturated carbocycles. The van der Waals surface area contributed by atoms with Crippen molar-refractivity contribution in [3.63, 3.8) is 0 Å². The van der Waals surface area contributed by atoms with Crippen LogP contribution in [0.3, 0.4) is 0 Å². The molecule has 24 heavy (non-hydrogen) atoms. The number of hydrogen-bond acceptors (Lipinski definition) is 4. The predicted molar refractivity (Wildman–Crippen MR) is 91.9 cm³/mol. The first kappa shape index (κ1) is 16.8. The molecule has 0 saturated heterocycles. The molecule has 0 radical (unpaired) electrons. The lowest BCUT2D eigenvalue weighted by Crippen LogP contribution is -2.31. The fourth-order valence-electron chi connectivity index (χ4n) is 2.74. The van der Waals surface area contributed by atoms with Gasteiger partial charge in [-0.1, -0.05) is 37.3 Å². The van der Waals surface area contributed by atoms with Crippen molar-refractivity contribution in [1.82, 2.24) is 4.31 Å². The fraction of sp³-hybridized carbons (Fsp3) is 0.333. The summed E-state index contributed by atoms with van der Waals surface area (Å²) in [4.78, 5) is 0.268. The van der Waals surface area contributed by atoms with Gasteiger partial charge in [0.1, 0.15) is 13.2 Å². The van der Waals surface area contributed by atoms with Gasteiger partial charge < -0.3 is 9.47 Å². The molecule has 128 valence electrons. The Hall–Kier alpha value is -2.05.